The summed E-state index contributed by atoms with van der Waals surface area (Å²) in [5, 5.41) is 1.35. The lowest BCUT2D eigenvalue weighted by atomic mass is 10.4. The molecule has 0 aliphatic carbocycles. The molecule has 0 aromatic carbocycles. The van der Waals surface area contributed by atoms with Gasteiger partial charge in [0, 0.05) is 12.6 Å². The van der Waals surface area contributed by atoms with Crippen molar-refractivity contribution in [3.63, 3.8) is 0 Å². The summed E-state index contributed by atoms with van der Waals surface area (Å²) < 4.78 is 0. The van der Waals surface area contributed by atoms with E-state index in [4.69, 9.17) is 10.6 Å². The molecule has 0 atom stereocenters. The summed E-state index contributed by atoms with van der Waals surface area (Å²) in [6.45, 7) is 1.72. The van der Waals surface area contributed by atoms with E-state index in [1.807, 2.05) is 0 Å². The first-order valence-electron chi connectivity index (χ1n) is 3.65. The number of hydroxylamine groups is 2. The molecule has 4 heteroatoms. The smallest absolute Gasteiger partial charge is 0.269 e. The van der Waals surface area contributed by atoms with Crippen LogP contribution in [0.3, 0.4) is 0 Å². The fourth-order valence-corrected chi connectivity index (χ4v) is 0.873. The second kappa shape index (κ2) is 4.10. The molecule has 1 amide bonds. The lowest BCUT2D eigenvalue weighted by Gasteiger charge is -2.09. The first-order valence-corrected chi connectivity index (χ1v) is 3.65. The van der Waals surface area contributed by atoms with Crippen LogP contribution in [0.25, 0.3) is 0 Å². The fourth-order valence-electron chi connectivity index (χ4n) is 0.873. The van der Waals surface area contributed by atoms with E-state index in [1.54, 1.807) is 6.08 Å². The van der Waals surface area contributed by atoms with Gasteiger partial charge in [0.2, 0.25) is 0 Å². The topological polar surface area (TPSA) is 55.6 Å². The van der Waals surface area contributed by atoms with Crippen molar-refractivity contribution >= 4 is 5.91 Å². The predicted molar refractivity (Wildman–Crippen MR) is 40.5 cm³/mol. The van der Waals surface area contributed by atoms with Crippen LogP contribution in [0.2, 0.25) is 0 Å². The van der Waals surface area contributed by atoms with Crippen LogP contribution >= 0.6 is 0 Å². The van der Waals surface area contributed by atoms with Gasteiger partial charge >= 0.3 is 0 Å². The van der Waals surface area contributed by atoms with Gasteiger partial charge in [0.05, 0.1) is 13.2 Å². The highest BCUT2D eigenvalue weighted by molar-refractivity contribution is 5.86. The summed E-state index contributed by atoms with van der Waals surface area (Å²) in [7, 11) is 0. The Hall–Kier alpha value is -0.870. The Kier molecular flexibility index (Phi) is 3.07. The predicted octanol–water partition coefficient (Wildman–Crippen LogP) is -0.335. The molecule has 1 saturated heterocycles. The lowest BCUT2D eigenvalue weighted by molar-refractivity contribution is -0.162. The minimum absolute atomic E-state index is 0.118. The van der Waals surface area contributed by atoms with Gasteiger partial charge in [-0.05, 0) is 6.42 Å². The zero-order valence-corrected chi connectivity index (χ0v) is 6.32. The van der Waals surface area contributed by atoms with E-state index in [0.29, 0.717) is 19.7 Å². The molecule has 11 heavy (non-hydrogen) atoms. The summed E-state index contributed by atoms with van der Waals surface area (Å²) in [4.78, 5) is 16.1. The van der Waals surface area contributed by atoms with E-state index < -0.39 is 0 Å². The monoisotopic (exact) mass is 156 g/mol. The molecule has 0 aromatic heterocycles. The van der Waals surface area contributed by atoms with Crippen LogP contribution in [-0.4, -0.2) is 30.7 Å². The Morgan fingerprint density at radius 2 is 2.55 bits per heavy atom. The van der Waals surface area contributed by atoms with Crippen molar-refractivity contribution in [2.45, 2.75) is 6.42 Å². The van der Waals surface area contributed by atoms with Crippen molar-refractivity contribution in [3.05, 3.63) is 12.2 Å². The number of carbonyl (C=O) groups is 1. The molecule has 62 valence electrons. The van der Waals surface area contributed by atoms with Crippen molar-refractivity contribution in [3.8, 4) is 0 Å². The van der Waals surface area contributed by atoms with Crippen LogP contribution in [0.15, 0.2) is 12.2 Å². The van der Waals surface area contributed by atoms with Gasteiger partial charge in [-0.25, -0.2) is 5.06 Å². The van der Waals surface area contributed by atoms with E-state index in [2.05, 4.69) is 0 Å². The van der Waals surface area contributed by atoms with Crippen LogP contribution in [-0.2, 0) is 9.63 Å². The maximum atomic E-state index is 11.1. The zero-order valence-electron chi connectivity index (χ0n) is 6.32. The van der Waals surface area contributed by atoms with Crippen molar-refractivity contribution < 1.29 is 9.63 Å². The molecule has 1 aliphatic rings. The average molecular weight is 156 g/mol. The van der Waals surface area contributed by atoms with Crippen molar-refractivity contribution in [1.29, 1.82) is 0 Å². The second-order valence-electron chi connectivity index (χ2n) is 2.27. The van der Waals surface area contributed by atoms with Crippen molar-refractivity contribution in [2.75, 3.05) is 19.7 Å². The molecule has 1 rings (SSSR count). The van der Waals surface area contributed by atoms with E-state index >= 15 is 0 Å². The van der Waals surface area contributed by atoms with Gasteiger partial charge in [-0.2, -0.15) is 0 Å². The van der Waals surface area contributed by atoms with Gasteiger partial charge in [-0.1, -0.05) is 6.08 Å². The Morgan fingerprint density at radius 3 is 3.09 bits per heavy atom. The number of amides is 1. The third-order valence-corrected chi connectivity index (χ3v) is 1.39. The molecule has 0 unspecified atom stereocenters. The normalized spacial score (nSPS) is 18.1. The molecular weight excluding hydrogens is 144 g/mol. The van der Waals surface area contributed by atoms with E-state index in [1.165, 1.54) is 11.1 Å². The number of carbonyl (C=O) groups excluding carboxylic acids is 1. The molecule has 0 aromatic rings. The van der Waals surface area contributed by atoms with E-state index in [9.17, 15) is 4.79 Å². The van der Waals surface area contributed by atoms with Gasteiger partial charge in [0.15, 0.2) is 0 Å². The molecule has 1 aliphatic heterocycles. The summed E-state index contributed by atoms with van der Waals surface area (Å²) in [6, 6.07) is 0. The summed E-state index contributed by atoms with van der Waals surface area (Å²) in [6.07, 6.45) is 3.97. The van der Waals surface area contributed by atoms with Crippen LogP contribution in [0.5, 0.6) is 0 Å². The quantitative estimate of drug-likeness (QED) is 0.557. The highest BCUT2D eigenvalue weighted by atomic mass is 16.7. The summed E-state index contributed by atoms with van der Waals surface area (Å²) >= 11 is 0. The van der Waals surface area contributed by atoms with Gasteiger partial charge in [-0.15, -0.1) is 0 Å². The third-order valence-electron chi connectivity index (χ3n) is 1.39. The molecule has 1 heterocycles. The fraction of sp³-hybridized carbons (Fsp3) is 0.571. The van der Waals surface area contributed by atoms with E-state index in [0.717, 1.165) is 6.42 Å². The highest BCUT2D eigenvalue weighted by Gasteiger charge is 2.15. The molecule has 2 N–H and O–H groups in total. The minimum atomic E-state index is -0.118. The van der Waals surface area contributed by atoms with Crippen LogP contribution in [0.4, 0.5) is 0 Å². The molecule has 0 bridgehead atoms. The average Bonchev–Trinajstić information content (AvgIpc) is 2.52. The standard InChI is InChI=1S/C7H12N2O2/c8-4-1-3-7(10)9-5-2-6-11-9/h1,3H,2,4-6,8H2/b3-1+. The minimum Gasteiger partial charge on any atom is -0.327 e. The first-order chi connectivity index (χ1) is 5.34. The third kappa shape index (κ3) is 2.32. The van der Waals surface area contributed by atoms with Crippen molar-refractivity contribution in [2.24, 2.45) is 5.73 Å². The molecule has 1 fully saturated rings. The summed E-state index contributed by atoms with van der Waals surface area (Å²) in [5.74, 6) is -0.118. The number of nitrogens with two attached hydrogens (primary N) is 1. The van der Waals surface area contributed by atoms with Crippen LogP contribution in [0.1, 0.15) is 6.42 Å². The van der Waals surface area contributed by atoms with Gasteiger partial charge in [0.25, 0.3) is 5.91 Å². The Bertz CT molecular complexity index is 162. The van der Waals surface area contributed by atoms with Gasteiger partial charge < -0.3 is 5.73 Å². The van der Waals surface area contributed by atoms with E-state index in [-0.39, 0.29) is 5.91 Å². The van der Waals surface area contributed by atoms with Crippen LogP contribution < -0.4 is 5.73 Å². The number of hydrogen-bond acceptors (Lipinski definition) is 3. The Balaban J connectivity index is 2.34. The maximum Gasteiger partial charge on any atom is 0.269 e. The SMILES string of the molecule is NC/C=C/C(=O)N1CCCO1. The van der Waals surface area contributed by atoms with Gasteiger partial charge in [-0.3, -0.25) is 9.63 Å². The molecular formula is C7H12N2O2. The Morgan fingerprint density at radius 1 is 1.73 bits per heavy atom. The summed E-state index contributed by atoms with van der Waals surface area (Å²) in [5.41, 5.74) is 5.18. The maximum absolute atomic E-state index is 11.1. The first kappa shape index (κ1) is 8.23. The number of rotatable bonds is 2. The van der Waals surface area contributed by atoms with Crippen LogP contribution in [0, 0.1) is 0 Å². The second-order valence-corrected chi connectivity index (χ2v) is 2.27. The molecule has 0 radical (unpaired) electrons. The number of nitrogens with zero attached hydrogens (tertiary/aromatic N) is 1. The largest absolute Gasteiger partial charge is 0.327 e. The zero-order chi connectivity index (χ0) is 8.10. The van der Waals surface area contributed by atoms with Gasteiger partial charge in [0.1, 0.15) is 0 Å². The molecule has 0 spiro atoms. The Labute approximate surface area is 65.6 Å². The molecule has 4 nitrogen and oxygen atoms in total. The lowest BCUT2D eigenvalue weighted by Crippen LogP contribution is -2.24. The molecule has 0 saturated carbocycles. The highest BCUT2D eigenvalue weighted by Crippen LogP contribution is 2.04. The number of hydrogen-bond donors (Lipinski definition) is 1. The van der Waals surface area contributed by atoms with Crippen molar-refractivity contribution in [1.82, 2.24) is 5.06 Å².